The molecule has 0 aromatic heterocycles. The zero-order chi connectivity index (χ0) is 18.1. The molecule has 0 heterocycles. The van der Waals surface area contributed by atoms with Gasteiger partial charge in [0.25, 0.3) is 0 Å². The Morgan fingerprint density at radius 1 is 1.08 bits per heavy atom. The van der Waals surface area contributed by atoms with Gasteiger partial charge in [-0.1, -0.05) is 24.3 Å². The van der Waals surface area contributed by atoms with Gasteiger partial charge in [-0.15, -0.1) is 0 Å². The van der Waals surface area contributed by atoms with E-state index < -0.39 is 0 Å². The van der Waals surface area contributed by atoms with Crippen LogP contribution in [0.3, 0.4) is 0 Å². The smallest absolute Gasteiger partial charge is 0.239 e. The Morgan fingerprint density at radius 3 is 2.56 bits per heavy atom. The minimum absolute atomic E-state index is 0.124. The van der Waals surface area contributed by atoms with Crippen molar-refractivity contribution in [3.05, 3.63) is 54.1 Å². The summed E-state index contributed by atoms with van der Waals surface area (Å²) >= 11 is 0. The van der Waals surface area contributed by atoms with E-state index in [4.69, 9.17) is 4.74 Å². The molecule has 0 aliphatic rings. The Balaban J connectivity index is 1.73. The number of anilines is 2. The average Bonchev–Trinajstić information content (AvgIpc) is 2.59. The predicted octanol–water partition coefficient (Wildman–Crippen LogP) is 2.56. The number of rotatable bonds is 8. The molecule has 2 aromatic carbocycles. The van der Waals surface area contributed by atoms with Gasteiger partial charge in [0.05, 0.1) is 13.1 Å². The highest BCUT2D eigenvalue weighted by Gasteiger charge is 2.05. The van der Waals surface area contributed by atoms with Crippen LogP contribution in [-0.2, 0) is 9.59 Å². The summed E-state index contributed by atoms with van der Waals surface area (Å²) in [6, 6.07) is 15.0. The van der Waals surface area contributed by atoms with Crippen LogP contribution >= 0.6 is 0 Å². The molecule has 0 atom stereocenters. The van der Waals surface area contributed by atoms with Crippen molar-refractivity contribution in [1.82, 2.24) is 5.32 Å². The summed E-state index contributed by atoms with van der Waals surface area (Å²) in [6.07, 6.45) is 0. The van der Waals surface area contributed by atoms with Gasteiger partial charge < -0.3 is 20.7 Å². The normalized spacial score (nSPS) is 10.0. The van der Waals surface area contributed by atoms with Crippen LogP contribution in [0.5, 0.6) is 5.75 Å². The van der Waals surface area contributed by atoms with E-state index in [1.807, 2.05) is 55.5 Å². The van der Waals surface area contributed by atoms with Crippen molar-refractivity contribution in [2.24, 2.45) is 0 Å². The van der Waals surface area contributed by atoms with Gasteiger partial charge >= 0.3 is 0 Å². The SMILES string of the molecule is CC(=O)Nc1ccc(C)c(NCC(=O)NCCOc2ccccc2)c1. The van der Waals surface area contributed by atoms with Crippen molar-refractivity contribution < 1.29 is 14.3 Å². The lowest BCUT2D eigenvalue weighted by Gasteiger charge is -2.12. The zero-order valence-electron chi connectivity index (χ0n) is 14.5. The monoisotopic (exact) mass is 341 g/mol. The fraction of sp³-hybridized carbons (Fsp3) is 0.263. The Labute approximate surface area is 147 Å². The molecule has 0 bridgehead atoms. The molecule has 6 heteroatoms. The Bertz CT molecular complexity index is 717. The standard InChI is InChI=1S/C19H23N3O3/c1-14-8-9-16(22-15(2)23)12-18(14)21-13-19(24)20-10-11-25-17-6-4-3-5-7-17/h3-9,12,21H,10-11,13H2,1-2H3,(H,20,24)(H,22,23). The van der Waals surface area contributed by atoms with E-state index >= 15 is 0 Å². The van der Waals surface area contributed by atoms with Gasteiger partial charge in [0.1, 0.15) is 12.4 Å². The number of amides is 2. The lowest BCUT2D eigenvalue weighted by atomic mass is 10.1. The Hall–Kier alpha value is -3.02. The maximum absolute atomic E-state index is 11.9. The molecule has 132 valence electrons. The summed E-state index contributed by atoms with van der Waals surface area (Å²) in [5.41, 5.74) is 2.49. The number of ether oxygens (including phenoxy) is 1. The summed E-state index contributed by atoms with van der Waals surface area (Å²) in [7, 11) is 0. The number of aryl methyl sites for hydroxylation is 1. The molecule has 0 aliphatic heterocycles. The number of hydrogen-bond donors (Lipinski definition) is 3. The summed E-state index contributed by atoms with van der Waals surface area (Å²) in [5, 5.41) is 8.60. The van der Waals surface area contributed by atoms with E-state index in [1.165, 1.54) is 6.92 Å². The van der Waals surface area contributed by atoms with E-state index in [0.29, 0.717) is 18.8 Å². The number of benzene rings is 2. The highest BCUT2D eigenvalue weighted by Crippen LogP contribution is 2.20. The van der Waals surface area contributed by atoms with Crippen LogP contribution in [-0.4, -0.2) is 31.5 Å². The third-order valence-electron chi connectivity index (χ3n) is 3.43. The largest absolute Gasteiger partial charge is 0.492 e. The quantitative estimate of drug-likeness (QED) is 0.645. The topological polar surface area (TPSA) is 79.5 Å². The number of nitrogens with one attached hydrogen (secondary N) is 3. The molecule has 0 aliphatic carbocycles. The maximum Gasteiger partial charge on any atom is 0.239 e. The molecule has 0 fully saturated rings. The van der Waals surface area contributed by atoms with E-state index in [9.17, 15) is 9.59 Å². The summed E-state index contributed by atoms with van der Waals surface area (Å²) in [4.78, 5) is 23.0. The third-order valence-corrected chi connectivity index (χ3v) is 3.43. The van der Waals surface area contributed by atoms with Gasteiger partial charge in [-0.3, -0.25) is 9.59 Å². The van der Waals surface area contributed by atoms with Gasteiger partial charge in [0.2, 0.25) is 11.8 Å². The van der Waals surface area contributed by atoms with Gasteiger partial charge in [-0.05, 0) is 36.8 Å². The van der Waals surface area contributed by atoms with Crippen LogP contribution < -0.4 is 20.7 Å². The first kappa shape index (κ1) is 18.3. The molecule has 0 spiro atoms. The van der Waals surface area contributed by atoms with Crippen molar-refractivity contribution in [1.29, 1.82) is 0 Å². The van der Waals surface area contributed by atoms with E-state index in [2.05, 4.69) is 16.0 Å². The number of carbonyl (C=O) groups excluding carboxylic acids is 2. The molecule has 25 heavy (non-hydrogen) atoms. The average molecular weight is 341 g/mol. The first-order chi connectivity index (χ1) is 12.0. The van der Waals surface area contributed by atoms with Crippen LogP contribution in [0.1, 0.15) is 12.5 Å². The van der Waals surface area contributed by atoms with Crippen LogP contribution in [0.25, 0.3) is 0 Å². The zero-order valence-corrected chi connectivity index (χ0v) is 14.5. The lowest BCUT2D eigenvalue weighted by Crippen LogP contribution is -2.33. The minimum atomic E-state index is -0.133. The minimum Gasteiger partial charge on any atom is -0.492 e. The van der Waals surface area contributed by atoms with Gasteiger partial charge in [-0.25, -0.2) is 0 Å². The predicted molar refractivity (Wildman–Crippen MR) is 98.9 cm³/mol. The molecule has 3 N–H and O–H groups in total. The van der Waals surface area contributed by atoms with E-state index in [-0.39, 0.29) is 18.4 Å². The molecule has 0 saturated carbocycles. The van der Waals surface area contributed by atoms with Gasteiger partial charge in [0, 0.05) is 18.3 Å². The summed E-state index contributed by atoms with van der Waals surface area (Å²) in [6.45, 7) is 4.38. The summed E-state index contributed by atoms with van der Waals surface area (Å²) in [5.74, 6) is 0.521. The highest BCUT2D eigenvalue weighted by atomic mass is 16.5. The molecular weight excluding hydrogens is 318 g/mol. The van der Waals surface area contributed by atoms with Crippen molar-refractivity contribution >= 4 is 23.2 Å². The second-order valence-corrected chi connectivity index (χ2v) is 5.58. The number of para-hydroxylation sites is 1. The molecule has 0 saturated heterocycles. The first-order valence-electron chi connectivity index (χ1n) is 8.11. The Kier molecular flexibility index (Phi) is 6.83. The lowest BCUT2D eigenvalue weighted by molar-refractivity contribution is -0.119. The maximum atomic E-state index is 11.9. The van der Waals surface area contributed by atoms with Gasteiger partial charge in [-0.2, -0.15) is 0 Å². The molecule has 2 aromatic rings. The van der Waals surface area contributed by atoms with Crippen LogP contribution in [0.4, 0.5) is 11.4 Å². The second-order valence-electron chi connectivity index (χ2n) is 5.58. The van der Waals surface area contributed by atoms with Crippen LogP contribution in [0.15, 0.2) is 48.5 Å². The van der Waals surface area contributed by atoms with Crippen molar-refractivity contribution in [3.63, 3.8) is 0 Å². The highest BCUT2D eigenvalue weighted by molar-refractivity contribution is 5.89. The number of hydrogen-bond acceptors (Lipinski definition) is 4. The molecular formula is C19H23N3O3. The van der Waals surface area contributed by atoms with Crippen molar-refractivity contribution in [2.75, 3.05) is 30.3 Å². The summed E-state index contributed by atoms with van der Waals surface area (Å²) < 4.78 is 5.52. The van der Waals surface area contributed by atoms with E-state index in [0.717, 1.165) is 17.0 Å². The van der Waals surface area contributed by atoms with Gasteiger partial charge in [0.15, 0.2) is 0 Å². The van der Waals surface area contributed by atoms with Crippen molar-refractivity contribution in [2.45, 2.75) is 13.8 Å². The first-order valence-corrected chi connectivity index (χ1v) is 8.11. The fourth-order valence-corrected chi connectivity index (χ4v) is 2.21. The van der Waals surface area contributed by atoms with E-state index in [1.54, 1.807) is 0 Å². The van der Waals surface area contributed by atoms with Crippen molar-refractivity contribution in [3.8, 4) is 5.75 Å². The molecule has 2 rings (SSSR count). The molecule has 0 radical (unpaired) electrons. The molecule has 6 nitrogen and oxygen atoms in total. The molecule has 2 amide bonds. The number of carbonyl (C=O) groups is 2. The third kappa shape index (κ3) is 6.55. The Morgan fingerprint density at radius 2 is 1.84 bits per heavy atom. The fourth-order valence-electron chi connectivity index (χ4n) is 2.21. The molecule has 0 unspecified atom stereocenters. The van der Waals surface area contributed by atoms with Crippen LogP contribution in [0, 0.1) is 6.92 Å². The van der Waals surface area contributed by atoms with Crippen LogP contribution in [0.2, 0.25) is 0 Å². The second kappa shape index (κ2) is 9.32.